The Bertz CT molecular complexity index is 2180. The molecule has 0 saturated heterocycles. The third kappa shape index (κ3) is 3.77. The Morgan fingerprint density at radius 3 is 1.26 bits per heavy atom. The van der Waals surface area contributed by atoms with Crippen molar-refractivity contribution in [3.05, 3.63) is 69.8 Å². The molecule has 5 aromatic carbocycles. The zero-order valence-electron chi connectivity index (χ0n) is 26.6. The maximum atomic E-state index is 14.0. The summed E-state index contributed by atoms with van der Waals surface area (Å²) >= 11 is 0. The van der Waals surface area contributed by atoms with E-state index in [0.717, 1.165) is 0 Å². The summed E-state index contributed by atoms with van der Waals surface area (Å²) in [6.07, 6.45) is 1.27. The van der Waals surface area contributed by atoms with Gasteiger partial charge in [0.05, 0.1) is 34.4 Å². The van der Waals surface area contributed by atoms with E-state index in [9.17, 15) is 29.7 Å². The van der Waals surface area contributed by atoms with Gasteiger partial charge in [-0.25, -0.2) is 0 Å². The second-order valence-electron chi connectivity index (χ2n) is 13.7. The van der Waals surface area contributed by atoms with Gasteiger partial charge in [-0.05, 0) is 78.9 Å². The van der Waals surface area contributed by atoms with Crippen molar-refractivity contribution in [2.75, 3.05) is 0 Å². The molecule has 0 aromatic heterocycles. The lowest BCUT2D eigenvalue weighted by Gasteiger charge is -2.34. The van der Waals surface area contributed by atoms with Crippen molar-refractivity contribution in [2.24, 2.45) is 11.8 Å². The third-order valence-corrected chi connectivity index (χ3v) is 9.65. The number of nitrogens with zero attached hydrogens (tertiary/aromatic N) is 4. The quantitative estimate of drug-likeness (QED) is 0.111. The monoisotopic (exact) mass is 608 g/mol. The molecule has 228 valence electrons. The lowest BCUT2D eigenvalue weighted by atomic mass is 9.79. The van der Waals surface area contributed by atoms with Crippen LogP contribution < -0.4 is 0 Å². The van der Waals surface area contributed by atoms with Gasteiger partial charge >= 0.3 is 0 Å². The molecule has 5 aromatic rings. The van der Waals surface area contributed by atoms with Gasteiger partial charge in [0.2, 0.25) is 0 Å². The first kappa shape index (κ1) is 29.4. The number of benzene rings is 5. The molecule has 0 radical (unpaired) electrons. The average Bonchev–Trinajstić information content (AvgIpc) is 3.00. The zero-order chi connectivity index (χ0) is 32.9. The summed E-state index contributed by atoms with van der Waals surface area (Å²) in [6, 6.07) is 13.9. The highest BCUT2D eigenvalue weighted by atomic mass is 16.2. The second kappa shape index (κ2) is 10.1. The van der Waals surface area contributed by atoms with Crippen LogP contribution in [0, 0.1) is 34.5 Å². The van der Waals surface area contributed by atoms with Crippen LogP contribution in [0.25, 0.3) is 43.1 Å². The molecule has 0 aliphatic carbocycles. The highest BCUT2D eigenvalue weighted by Gasteiger charge is 2.40. The molecule has 7 rings (SSSR count). The van der Waals surface area contributed by atoms with E-state index < -0.39 is 11.8 Å². The van der Waals surface area contributed by atoms with Crippen LogP contribution in [0.15, 0.2) is 36.4 Å². The Hall–Kier alpha value is -5.34. The Morgan fingerprint density at radius 2 is 0.891 bits per heavy atom. The van der Waals surface area contributed by atoms with Crippen molar-refractivity contribution in [3.63, 3.8) is 0 Å². The summed E-state index contributed by atoms with van der Waals surface area (Å²) in [7, 11) is 0. The molecular weight excluding hydrogens is 576 g/mol. The normalized spacial score (nSPS) is 16.0. The smallest absolute Gasteiger partial charge is 0.261 e. The number of hydrogen-bond acceptors (Lipinski definition) is 6. The summed E-state index contributed by atoms with van der Waals surface area (Å²) in [6.45, 7) is 11.9. The van der Waals surface area contributed by atoms with Gasteiger partial charge in [-0.3, -0.25) is 29.0 Å². The summed E-state index contributed by atoms with van der Waals surface area (Å²) in [5.74, 6) is -1.17. The molecule has 2 unspecified atom stereocenters. The van der Waals surface area contributed by atoms with Crippen molar-refractivity contribution < 1.29 is 19.2 Å². The van der Waals surface area contributed by atoms with E-state index in [2.05, 4.69) is 12.1 Å². The Balaban J connectivity index is 1.61. The van der Waals surface area contributed by atoms with Gasteiger partial charge in [-0.15, -0.1) is 0 Å². The summed E-state index contributed by atoms with van der Waals surface area (Å²) < 4.78 is 0. The van der Waals surface area contributed by atoms with Crippen LogP contribution in [0.5, 0.6) is 0 Å². The first-order valence-electron chi connectivity index (χ1n) is 15.7. The molecule has 2 aliphatic rings. The van der Waals surface area contributed by atoms with E-state index in [0.29, 0.717) is 67.1 Å². The number of hydrogen-bond donors (Lipinski definition) is 0. The third-order valence-electron chi connectivity index (χ3n) is 9.65. The van der Waals surface area contributed by atoms with E-state index in [1.165, 1.54) is 9.80 Å². The summed E-state index contributed by atoms with van der Waals surface area (Å²) in [5.41, 5.74) is 1.71. The molecule has 2 atom stereocenters. The number of nitriles is 2. The molecule has 8 heteroatoms. The molecule has 0 saturated carbocycles. The van der Waals surface area contributed by atoms with Crippen LogP contribution in [-0.4, -0.2) is 45.5 Å². The van der Waals surface area contributed by atoms with E-state index in [1.807, 2.05) is 41.5 Å². The number of rotatable bonds is 6. The van der Waals surface area contributed by atoms with Crippen LogP contribution in [0.2, 0.25) is 0 Å². The predicted octanol–water partition coefficient (Wildman–Crippen LogP) is 7.54. The highest BCUT2D eigenvalue weighted by Crippen LogP contribution is 2.49. The van der Waals surface area contributed by atoms with Gasteiger partial charge in [-0.1, -0.05) is 39.8 Å². The fourth-order valence-electron chi connectivity index (χ4n) is 8.06. The standard InChI is InChI=1S/C38H32N4O4/c1-17(2)11-19(5)41-35(43)25-9-7-23-29-21(15-39)13-27-33-28(38(46)42(37(27)45)20(6)12-18(3)4)14-22(16-40)30(34(29)33)24-8-10-26(36(41)44)32(25)31(23)24/h7-10,13-14,17-20H,11-12H2,1-6H3. The van der Waals surface area contributed by atoms with Crippen LogP contribution in [0.4, 0.5) is 0 Å². The van der Waals surface area contributed by atoms with Crippen molar-refractivity contribution in [2.45, 2.75) is 66.5 Å². The highest BCUT2D eigenvalue weighted by molar-refractivity contribution is 6.42. The predicted molar refractivity (Wildman–Crippen MR) is 176 cm³/mol. The molecule has 0 bridgehead atoms. The van der Waals surface area contributed by atoms with Crippen LogP contribution in [0.3, 0.4) is 0 Å². The summed E-state index contributed by atoms with van der Waals surface area (Å²) in [5, 5.41) is 25.2. The number of imide groups is 2. The van der Waals surface area contributed by atoms with Crippen molar-refractivity contribution in [3.8, 4) is 12.1 Å². The lowest BCUT2D eigenvalue weighted by Crippen LogP contribution is -2.46. The van der Waals surface area contributed by atoms with Gasteiger partial charge in [0.25, 0.3) is 23.6 Å². The number of carbonyl (C=O) groups excluding carboxylic acids is 4. The molecule has 0 fully saturated rings. The van der Waals surface area contributed by atoms with Gasteiger partial charge in [0, 0.05) is 50.1 Å². The van der Waals surface area contributed by atoms with Crippen molar-refractivity contribution >= 4 is 66.7 Å². The van der Waals surface area contributed by atoms with Gasteiger partial charge < -0.3 is 0 Å². The molecule has 2 heterocycles. The topological polar surface area (TPSA) is 122 Å². The maximum Gasteiger partial charge on any atom is 0.261 e. The minimum absolute atomic E-state index is 0.218. The molecular formula is C38H32N4O4. The average molecular weight is 609 g/mol. The van der Waals surface area contributed by atoms with Crippen LogP contribution >= 0.6 is 0 Å². The second-order valence-corrected chi connectivity index (χ2v) is 13.7. The Kier molecular flexibility index (Phi) is 6.44. The van der Waals surface area contributed by atoms with Crippen molar-refractivity contribution in [1.82, 2.24) is 9.80 Å². The van der Waals surface area contributed by atoms with Crippen LogP contribution in [0.1, 0.15) is 107 Å². The van der Waals surface area contributed by atoms with E-state index >= 15 is 0 Å². The maximum absolute atomic E-state index is 14.0. The minimum atomic E-state index is -0.466. The molecule has 0 spiro atoms. The lowest BCUT2D eigenvalue weighted by molar-refractivity contribution is 0.0519. The van der Waals surface area contributed by atoms with Gasteiger partial charge in [-0.2, -0.15) is 10.5 Å². The van der Waals surface area contributed by atoms with E-state index in [1.54, 1.807) is 36.4 Å². The first-order chi connectivity index (χ1) is 21.9. The fourth-order valence-corrected chi connectivity index (χ4v) is 8.06. The molecule has 0 N–H and O–H groups in total. The molecule has 8 nitrogen and oxygen atoms in total. The van der Waals surface area contributed by atoms with Crippen molar-refractivity contribution in [1.29, 1.82) is 10.5 Å². The molecule has 2 aliphatic heterocycles. The number of carbonyl (C=O) groups is 4. The summed E-state index contributed by atoms with van der Waals surface area (Å²) in [4.78, 5) is 58.5. The Labute approximate surface area is 266 Å². The zero-order valence-corrected chi connectivity index (χ0v) is 26.6. The van der Waals surface area contributed by atoms with E-state index in [4.69, 9.17) is 0 Å². The minimum Gasteiger partial charge on any atom is -0.272 e. The molecule has 4 amide bonds. The van der Waals surface area contributed by atoms with Gasteiger partial charge in [0.1, 0.15) is 0 Å². The number of fused-ring (bicyclic) bond motifs is 2. The molecule has 46 heavy (non-hydrogen) atoms. The largest absolute Gasteiger partial charge is 0.272 e. The van der Waals surface area contributed by atoms with Gasteiger partial charge in [0.15, 0.2) is 0 Å². The Morgan fingerprint density at radius 1 is 0.522 bits per heavy atom. The van der Waals surface area contributed by atoms with E-state index in [-0.39, 0.29) is 58.0 Å². The fraction of sp³-hybridized carbons (Fsp3) is 0.316. The SMILES string of the molecule is CC(C)CC(C)N1C(=O)c2ccc3c4c(C#N)cc5c6c(cc(C#N)c(c7ccc(c2c37)C1=O)c64)C(=O)N(C(C)CC(C)C)C5=O. The first-order valence-corrected chi connectivity index (χ1v) is 15.7. The van der Waals surface area contributed by atoms with Crippen LogP contribution in [-0.2, 0) is 0 Å². The number of amides is 4.